The SMILES string of the molecule is Cl.Cl.Cl.Cl.O=C(O)[C@@H]1CNC[C@H]1c1cccnc1.O=C(O)[C@H]1CNC[C@@H]1c1cccnc1. The number of rotatable bonds is 4. The summed E-state index contributed by atoms with van der Waals surface area (Å²) < 4.78 is 0. The van der Waals surface area contributed by atoms with E-state index in [4.69, 9.17) is 10.2 Å². The molecule has 0 amide bonds. The highest BCUT2D eigenvalue weighted by Crippen LogP contribution is 2.28. The first-order valence-corrected chi connectivity index (χ1v) is 9.24. The molecule has 4 rings (SSSR count). The number of carboxylic acid groups (broad SMARTS) is 2. The summed E-state index contributed by atoms with van der Waals surface area (Å²) in [5, 5.41) is 24.2. The molecule has 0 radical (unpaired) electrons. The number of aliphatic carboxylic acids is 2. The zero-order valence-electron chi connectivity index (χ0n) is 17.0. The molecule has 0 bridgehead atoms. The van der Waals surface area contributed by atoms with Crippen molar-refractivity contribution in [3.8, 4) is 0 Å². The van der Waals surface area contributed by atoms with Crippen molar-refractivity contribution in [1.29, 1.82) is 0 Å². The van der Waals surface area contributed by atoms with E-state index in [0.717, 1.165) is 24.2 Å². The smallest absolute Gasteiger partial charge is 0.308 e. The van der Waals surface area contributed by atoms with Crippen molar-refractivity contribution >= 4 is 61.6 Å². The van der Waals surface area contributed by atoms with E-state index in [1.54, 1.807) is 24.8 Å². The van der Waals surface area contributed by atoms with Crippen molar-refractivity contribution in [2.45, 2.75) is 11.8 Å². The van der Waals surface area contributed by atoms with Crippen LogP contribution in [0.2, 0.25) is 0 Å². The van der Waals surface area contributed by atoms with Gasteiger partial charge in [0.2, 0.25) is 0 Å². The summed E-state index contributed by atoms with van der Waals surface area (Å²) in [6.45, 7) is 2.55. The molecular formula is C20H28Cl4N4O4. The lowest BCUT2D eigenvalue weighted by molar-refractivity contribution is -0.142. The predicted molar refractivity (Wildman–Crippen MR) is 131 cm³/mol. The van der Waals surface area contributed by atoms with Gasteiger partial charge >= 0.3 is 11.9 Å². The van der Waals surface area contributed by atoms with Crippen molar-refractivity contribution in [2.24, 2.45) is 11.8 Å². The van der Waals surface area contributed by atoms with Gasteiger partial charge < -0.3 is 20.8 Å². The molecule has 0 saturated carbocycles. The summed E-state index contributed by atoms with van der Waals surface area (Å²) in [7, 11) is 0. The van der Waals surface area contributed by atoms with Gasteiger partial charge in [-0.2, -0.15) is 0 Å². The van der Waals surface area contributed by atoms with E-state index in [1.165, 1.54) is 0 Å². The quantitative estimate of drug-likeness (QED) is 0.476. The second-order valence-electron chi connectivity index (χ2n) is 6.99. The van der Waals surface area contributed by atoms with Crippen LogP contribution in [-0.2, 0) is 9.59 Å². The van der Waals surface area contributed by atoms with Crippen molar-refractivity contribution < 1.29 is 19.8 Å². The standard InChI is InChI=1S/2C10H12N2O2.4ClH/c2*13-10(14)9-6-12-5-8(9)7-2-1-3-11-4-7;;;;/h2*1-4,8-9,12H,5-6H2,(H,13,14);4*1H/t2*8-,9+;;;;/m10..../s1. The van der Waals surface area contributed by atoms with E-state index in [0.29, 0.717) is 13.1 Å². The Bertz CT molecular complexity index is 737. The highest BCUT2D eigenvalue weighted by molar-refractivity contribution is 5.86. The Hall–Kier alpha value is -1.68. The summed E-state index contributed by atoms with van der Waals surface area (Å²) >= 11 is 0. The van der Waals surface area contributed by atoms with Crippen LogP contribution in [0, 0.1) is 11.8 Å². The number of halogens is 4. The van der Waals surface area contributed by atoms with Crippen LogP contribution >= 0.6 is 49.6 Å². The highest BCUT2D eigenvalue weighted by Gasteiger charge is 2.34. The molecule has 0 unspecified atom stereocenters. The molecule has 180 valence electrons. The number of carboxylic acids is 2. The number of pyridine rings is 2. The van der Waals surface area contributed by atoms with Crippen molar-refractivity contribution in [1.82, 2.24) is 20.6 Å². The Labute approximate surface area is 211 Å². The van der Waals surface area contributed by atoms with Crippen LogP contribution in [-0.4, -0.2) is 58.3 Å². The molecule has 12 heteroatoms. The van der Waals surface area contributed by atoms with Crippen LogP contribution in [0.15, 0.2) is 49.1 Å². The molecule has 2 aliphatic rings. The number of nitrogens with one attached hydrogen (secondary N) is 2. The summed E-state index contributed by atoms with van der Waals surface area (Å²) in [6, 6.07) is 7.54. The van der Waals surface area contributed by atoms with E-state index in [1.807, 2.05) is 24.3 Å². The third-order valence-corrected chi connectivity index (χ3v) is 5.29. The van der Waals surface area contributed by atoms with Crippen LogP contribution in [0.25, 0.3) is 0 Å². The average molecular weight is 530 g/mol. The van der Waals surface area contributed by atoms with Crippen LogP contribution in [0.5, 0.6) is 0 Å². The number of carbonyl (C=O) groups is 2. The molecule has 4 N–H and O–H groups in total. The van der Waals surface area contributed by atoms with Crippen LogP contribution in [0.4, 0.5) is 0 Å². The molecule has 32 heavy (non-hydrogen) atoms. The Balaban J connectivity index is 0. The zero-order valence-corrected chi connectivity index (χ0v) is 20.3. The minimum absolute atomic E-state index is 0. The first-order valence-electron chi connectivity index (χ1n) is 9.24. The van der Waals surface area contributed by atoms with Gasteiger partial charge in [0, 0.05) is 62.8 Å². The third kappa shape index (κ3) is 8.35. The summed E-state index contributed by atoms with van der Waals surface area (Å²) in [5.74, 6) is -1.99. The lowest BCUT2D eigenvalue weighted by atomic mass is 9.90. The molecule has 0 spiro atoms. The van der Waals surface area contributed by atoms with Gasteiger partial charge in [-0.1, -0.05) is 12.1 Å². The molecule has 2 aromatic rings. The van der Waals surface area contributed by atoms with E-state index >= 15 is 0 Å². The molecule has 4 heterocycles. The van der Waals surface area contributed by atoms with E-state index < -0.39 is 11.9 Å². The molecular weight excluding hydrogens is 502 g/mol. The highest BCUT2D eigenvalue weighted by atomic mass is 35.5. The topological polar surface area (TPSA) is 124 Å². The minimum Gasteiger partial charge on any atom is -0.481 e. The number of aromatic nitrogens is 2. The van der Waals surface area contributed by atoms with Crippen LogP contribution in [0.1, 0.15) is 23.0 Å². The summed E-state index contributed by atoms with van der Waals surface area (Å²) in [6.07, 6.45) is 6.88. The van der Waals surface area contributed by atoms with Gasteiger partial charge in [-0.3, -0.25) is 19.6 Å². The minimum atomic E-state index is -0.733. The van der Waals surface area contributed by atoms with E-state index in [9.17, 15) is 9.59 Å². The van der Waals surface area contributed by atoms with Gasteiger partial charge in [0.25, 0.3) is 0 Å². The number of nitrogens with zero attached hydrogens (tertiary/aromatic N) is 2. The first kappa shape index (κ1) is 32.5. The zero-order chi connectivity index (χ0) is 19.9. The van der Waals surface area contributed by atoms with Gasteiger partial charge in [-0.05, 0) is 23.3 Å². The molecule has 0 aromatic carbocycles. The number of hydrogen-bond acceptors (Lipinski definition) is 6. The fraction of sp³-hybridized carbons (Fsp3) is 0.400. The molecule has 2 aromatic heterocycles. The predicted octanol–water partition coefficient (Wildman–Crippen LogP) is 2.63. The second kappa shape index (κ2) is 16.0. The fourth-order valence-electron chi connectivity index (χ4n) is 3.77. The maximum Gasteiger partial charge on any atom is 0.308 e. The third-order valence-electron chi connectivity index (χ3n) is 5.29. The molecule has 8 nitrogen and oxygen atoms in total. The maximum absolute atomic E-state index is 10.9. The molecule has 4 atom stereocenters. The van der Waals surface area contributed by atoms with Gasteiger partial charge in [0.1, 0.15) is 0 Å². The molecule has 2 aliphatic heterocycles. The fourth-order valence-corrected chi connectivity index (χ4v) is 3.77. The summed E-state index contributed by atoms with van der Waals surface area (Å²) in [5.41, 5.74) is 2.01. The lowest BCUT2D eigenvalue weighted by Crippen LogP contribution is -2.21. The molecule has 0 aliphatic carbocycles. The van der Waals surface area contributed by atoms with E-state index in [2.05, 4.69) is 20.6 Å². The molecule has 2 fully saturated rings. The Morgan fingerprint density at radius 2 is 1.09 bits per heavy atom. The normalized spacial score (nSPS) is 23.0. The monoisotopic (exact) mass is 528 g/mol. The second-order valence-corrected chi connectivity index (χ2v) is 6.99. The van der Waals surface area contributed by atoms with Crippen molar-refractivity contribution in [2.75, 3.05) is 26.2 Å². The van der Waals surface area contributed by atoms with Gasteiger partial charge in [-0.25, -0.2) is 0 Å². The van der Waals surface area contributed by atoms with E-state index in [-0.39, 0.29) is 73.3 Å². The van der Waals surface area contributed by atoms with Crippen LogP contribution in [0.3, 0.4) is 0 Å². The van der Waals surface area contributed by atoms with Gasteiger partial charge in [0.05, 0.1) is 11.8 Å². The Morgan fingerprint density at radius 1 is 0.719 bits per heavy atom. The van der Waals surface area contributed by atoms with Gasteiger partial charge in [-0.15, -0.1) is 49.6 Å². The first-order chi connectivity index (χ1) is 13.6. The average Bonchev–Trinajstić information content (AvgIpc) is 3.40. The Kier molecular flexibility index (Phi) is 16.3. The Morgan fingerprint density at radius 3 is 1.38 bits per heavy atom. The molecule has 2 saturated heterocycles. The maximum atomic E-state index is 10.9. The van der Waals surface area contributed by atoms with Crippen LogP contribution < -0.4 is 10.6 Å². The van der Waals surface area contributed by atoms with Crippen molar-refractivity contribution in [3.63, 3.8) is 0 Å². The van der Waals surface area contributed by atoms with Crippen molar-refractivity contribution in [3.05, 3.63) is 60.2 Å². The van der Waals surface area contributed by atoms with Gasteiger partial charge in [0.15, 0.2) is 0 Å². The largest absolute Gasteiger partial charge is 0.481 e. The summed E-state index contributed by atoms with van der Waals surface area (Å²) in [4.78, 5) is 29.9. The number of hydrogen-bond donors (Lipinski definition) is 4. The lowest BCUT2D eigenvalue weighted by Gasteiger charge is -2.13.